The molecule has 3 fully saturated rings. The highest BCUT2D eigenvalue weighted by Crippen LogP contribution is 2.64. The lowest BCUT2D eigenvalue weighted by molar-refractivity contribution is -0.131. The maximum absolute atomic E-state index is 12.6. The van der Waals surface area contributed by atoms with E-state index in [-0.39, 0.29) is 22.3 Å². The van der Waals surface area contributed by atoms with Crippen molar-refractivity contribution in [2.75, 3.05) is 0 Å². The Labute approximate surface area is 138 Å². The molecule has 0 radical (unpaired) electrons. The minimum atomic E-state index is -0.264. The number of aliphatic hydroxyl groups excluding tert-OH is 1. The van der Waals surface area contributed by atoms with Gasteiger partial charge in [0.15, 0.2) is 5.78 Å². The molecule has 0 unspecified atom stereocenters. The number of hydrogen-bond acceptors (Lipinski definition) is 2. The van der Waals surface area contributed by atoms with Crippen molar-refractivity contribution in [1.29, 1.82) is 0 Å². The molecule has 7 atom stereocenters. The summed E-state index contributed by atoms with van der Waals surface area (Å²) in [6.45, 7) is 4.59. The van der Waals surface area contributed by atoms with Gasteiger partial charge in [-0.15, -0.1) is 11.6 Å². The quantitative estimate of drug-likeness (QED) is 0.538. The second-order valence-corrected chi connectivity index (χ2v) is 9.21. The van der Waals surface area contributed by atoms with Crippen LogP contribution in [0, 0.1) is 28.6 Å². The van der Waals surface area contributed by atoms with E-state index in [1.165, 1.54) is 5.57 Å². The van der Waals surface area contributed by atoms with Crippen molar-refractivity contribution in [1.82, 2.24) is 0 Å². The largest absolute Gasteiger partial charge is 0.393 e. The molecule has 0 bridgehead atoms. The highest BCUT2D eigenvalue weighted by Gasteiger charge is 2.60. The van der Waals surface area contributed by atoms with Crippen molar-refractivity contribution >= 4 is 17.4 Å². The molecule has 0 saturated heterocycles. The fraction of sp³-hybridized carbons (Fsp3) is 0.842. The molecule has 122 valence electrons. The van der Waals surface area contributed by atoms with Crippen LogP contribution in [-0.2, 0) is 4.79 Å². The summed E-state index contributed by atoms with van der Waals surface area (Å²) in [5.41, 5.74) is 1.56. The van der Waals surface area contributed by atoms with Crippen LogP contribution in [0.1, 0.15) is 58.8 Å². The van der Waals surface area contributed by atoms with Gasteiger partial charge in [0, 0.05) is 5.41 Å². The Morgan fingerprint density at radius 2 is 1.91 bits per heavy atom. The van der Waals surface area contributed by atoms with Gasteiger partial charge in [0.25, 0.3) is 0 Å². The van der Waals surface area contributed by atoms with Crippen LogP contribution in [-0.4, -0.2) is 22.4 Å². The zero-order valence-corrected chi connectivity index (χ0v) is 14.4. The van der Waals surface area contributed by atoms with Crippen LogP contribution in [0.15, 0.2) is 11.6 Å². The van der Waals surface area contributed by atoms with Crippen LogP contribution in [0.5, 0.6) is 0 Å². The number of allylic oxidation sites excluding steroid dienone is 1. The lowest BCUT2D eigenvalue weighted by Crippen LogP contribution is -2.50. The zero-order chi connectivity index (χ0) is 15.7. The summed E-state index contributed by atoms with van der Waals surface area (Å²) in [5, 5.41) is 9.75. The third kappa shape index (κ3) is 1.86. The van der Waals surface area contributed by atoms with E-state index in [4.69, 9.17) is 11.6 Å². The first kappa shape index (κ1) is 15.2. The van der Waals surface area contributed by atoms with Crippen molar-refractivity contribution in [3.8, 4) is 0 Å². The Morgan fingerprint density at radius 1 is 1.18 bits per heavy atom. The molecule has 4 aliphatic rings. The number of alkyl halides is 1. The van der Waals surface area contributed by atoms with E-state index in [9.17, 15) is 9.90 Å². The minimum Gasteiger partial charge on any atom is -0.393 e. The summed E-state index contributed by atoms with van der Waals surface area (Å²) in [7, 11) is 0. The zero-order valence-electron chi connectivity index (χ0n) is 13.6. The Kier molecular flexibility index (Phi) is 3.34. The van der Waals surface area contributed by atoms with Gasteiger partial charge in [-0.05, 0) is 68.1 Å². The molecule has 0 spiro atoms. The summed E-state index contributed by atoms with van der Waals surface area (Å²) in [6, 6.07) is 0. The number of hydrogen-bond donors (Lipinski definition) is 1. The maximum atomic E-state index is 12.6. The molecule has 4 rings (SSSR count). The van der Waals surface area contributed by atoms with Crippen molar-refractivity contribution in [3.63, 3.8) is 0 Å². The van der Waals surface area contributed by atoms with E-state index in [2.05, 4.69) is 19.9 Å². The van der Waals surface area contributed by atoms with Crippen molar-refractivity contribution in [2.24, 2.45) is 28.6 Å². The van der Waals surface area contributed by atoms with Crippen LogP contribution in [0.4, 0.5) is 0 Å². The number of ketones is 1. The van der Waals surface area contributed by atoms with Crippen LogP contribution in [0.3, 0.4) is 0 Å². The number of fused-ring (bicyclic) bond motifs is 5. The summed E-state index contributed by atoms with van der Waals surface area (Å²) in [4.78, 5) is 12.6. The molecule has 3 saturated carbocycles. The average Bonchev–Trinajstić information content (AvgIpc) is 2.72. The molecule has 3 heteroatoms. The third-order valence-electron chi connectivity index (χ3n) is 7.78. The van der Waals surface area contributed by atoms with Gasteiger partial charge in [0.05, 0.1) is 11.5 Å². The van der Waals surface area contributed by atoms with E-state index in [1.54, 1.807) is 0 Å². The molecule has 0 aromatic heterocycles. The Morgan fingerprint density at radius 3 is 2.68 bits per heavy atom. The van der Waals surface area contributed by atoms with Gasteiger partial charge >= 0.3 is 0 Å². The molecule has 0 aliphatic heterocycles. The SMILES string of the molecule is C[C@]12CC[C@H](O)CC1=CC[C@@H]1[C@@H]2CC[C@]2(C)C(=O)[C@H](Cl)C[C@@H]12. The first-order chi connectivity index (χ1) is 10.4. The first-order valence-corrected chi connectivity index (χ1v) is 9.36. The van der Waals surface area contributed by atoms with Gasteiger partial charge in [0.2, 0.25) is 0 Å². The molecule has 0 aromatic rings. The topological polar surface area (TPSA) is 37.3 Å². The molecule has 0 aromatic carbocycles. The van der Waals surface area contributed by atoms with Gasteiger partial charge in [-0.2, -0.15) is 0 Å². The summed E-state index contributed by atoms with van der Waals surface area (Å²) in [5.74, 6) is 2.04. The Hall–Kier alpha value is -0.340. The summed E-state index contributed by atoms with van der Waals surface area (Å²) in [6.07, 6.45) is 9.26. The standard InChI is InChI=1S/C19H27ClO2/c1-18-7-5-12(21)9-11(18)3-4-13-14(18)6-8-19(2)15(13)10-16(20)17(19)22/h3,12-16,21H,4-10H2,1-2H3/t12-,13+,14-,15-,16+,18-,19-/m0/s1. The fourth-order valence-electron chi connectivity index (χ4n) is 6.39. The number of carbonyl (C=O) groups excluding carboxylic acids is 1. The Balaban J connectivity index is 1.70. The first-order valence-electron chi connectivity index (χ1n) is 8.92. The summed E-state index contributed by atoms with van der Waals surface area (Å²) < 4.78 is 0. The molecule has 0 heterocycles. The molecule has 4 aliphatic carbocycles. The van der Waals surface area contributed by atoms with Gasteiger partial charge in [-0.25, -0.2) is 0 Å². The lowest BCUT2D eigenvalue weighted by atomic mass is 9.48. The molecule has 2 nitrogen and oxygen atoms in total. The van der Waals surface area contributed by atoms with Crippen molar-refractivity contribution in [3.05, 3.63) is 11.6 Å². The number of halogens is 1. The third-order valence-corrected chi connectivity index (χ3v) is 8.15. The maximum Gasteiger partial charge on any atom is 0.156 e. The predicted molar refractivity (Wildman–Crippen MR) is 87.7 cm³/mol. The molecule has 0 amide bonds. The van der Waals surface area contributed by atoms with Crippen molar-refractivity contribution < 1.29 is 9.90 Å². The lowest BCUT2D eigenvalue weighted by Gasteiger charge is -2.56. The fourth-order valence-corrected chi connectivity index (χ4v) is 6.83. The normalized spacial score (nSPS) is 54.3. The van der Waals surface area contributed by atoms with E-state index < -0.39 is 0 Å². The molecule has 1 N–H and O–H groups in total. The number of aliphatic hydroxyl groups is 1. The average molecular weight is 323 g/mol. The highest BCUT2D eigenvalue weighted by molar-refractivity contribution is 6.32. The predicted octanol–water partition coefficient (Wildman–Crippen LogP) is 4.10. The van der Waals surface area contributed by atoms with Gasteiger partial charge < -0.3 is 5.11 Å². The van der Waals surface area contributed by atoms with E-state index in [0.717, 1.165) is 44.9 Å². The second kappa shape index (κ2) is 4.83. The highest BCUT2D eigenvalue weighted by atomic mass is 35.5. The van der Waals surface area contributed by atoms with Crippen molar-refractivity contribution in [2.45, 2.75) is 70.3 Å². The van der Waals surface area contributed by atoms with Crippen LogP contribution in [0.25, 0.3) is 0 Å². The monoisotopic (exact) mass is 322 g/mol. The molecular formula is C19H27ClO2. The summed E-state index contributed by atoms with van der Waals surface area (Å²) >= 11 is 6.35. The number of carbonyl (C=O) groups is 1. The number of rotatable bonds is 0. The molecular weight excluding hydrogens is 296 g/mol. The van der Waals surface area contributed by atoms with E-state index in [0.29, 0.717) is 23.5 Å². The number of Topliss-reactive ketones (excluding diaryl/α,β-unsaturated/α-hetero) is 1. The van der Waals surface area contributed by atoms with Gasteiger partial charge in [-0.3, -0.25) is 4.79 Å². The molecule has 22 heavy (non-hydrogen) atoms. The Bertz CT molecular complexity index is 542. The van der Waals surface area contributed by atoms with Gasteiger partial charge in [0.1, 0.15) is 0 Å². The van der Waals surface area contributed by atoms with Crippen LogP contribution < -0.4 is 0 Å². The second-order valence-electron chi connectivity index (χ2n) is 8.68. The van der Waals surface area contributed by atoms with E-state index in [1.807, 2.05) is 0 Å². The smallest absolute Gasteiger partial charge is 0.156 e. The van der Waals surface area contributed by atoms with Crippen LogP contribution in [0.2, 0.25) is 0 Å². The van der Waals surface area contributed by atoms with E-state index >= 15 is 0 Å². The van der Waals surface area contributed by atoms with Crippen LogP contribution >= 0.6 is 11.6 Å². The van der Waals surface area contributed by atoms with Gasteiger partial charge in [-0.1, -0.05) is 25.5 Å². The minimum absolute atomic E-state index is 0.148.